The van der Waals surface area contributed by atoms with Crippen molar-refractivity contribution < 1.29 is 14.2 Å². The topological polar surface area (TPSA) is 53.7 Å². The number of thioether (sulfide) groups is 1. The molecule has 0 unspecified atom stereocenters. The van der Waals surface area contributed by atoms with E-state index in [1.165, 1.54) is 0 Å². The van der Waals surface area contributed by atoms with Gasteiger partial charge in [-0.1, -0.05) is 6.07 Å². The molecule has 0 bridgehead atoms. The number of hydrogen-bond donors (Lipinski definition) is 1. The molecule has 0 aromatic heterocycles. The summed E-state index contributed by atoms with van der Waals surface area (Å²) in [5.74, 6) is 3.14. The zero-order valence-electron chi connectivity index (χ0n) is 11.8. The molecule has 2 N–H and O–H groups in total. The van der Waals surface area contributed by atoms with Gasteiger partial charge in [0.15, 0.2) is 11.5 Å². The number of nitrogen functional groups attached to an aromatic ring is 1. The number of fused-ring (bicyclic) bond motifs is 1. The first-order valence-electron chi connectivity index (χ1n) is 6.71. The summed E-state index contributed by atoms with van der Waals surface area (Å²) in [6.07, 6.45) is 0. The SMILES string of the molecule is COc1cccc(SCc2cc3c(cc2N)OCCO3)c1. The van der Waals surface area contributed by atoms with Crippen LogP contribution in [-0.2, 0) is 5.75 Å². The van der Waals surface area contributed by atoms with Crippen molar-refractivity contribution >= 4 is 17.4 Å². The zero-order chi connectivity index (χ0) is 14.7. The van der Waals surface area contributed by atoms with E-state index < -0.39 is 0 Å². The monoisotopic (exact) mass is 303 g/mol. The van der Waals surface area contributed by atoms with Gasteiger partial charge in [0, 0.05) is 22.4 Å². The number of benzene rings is 2. The molecular formula is C16H17NO3S. The Morgan fingerprint density at radius 1 is 1.14 bits per heavy atom. The molecule has 4 nitrogen and oxygen atoms in total. The number of ether oxygens (including phenoxy) is 3. The largest absolute Gasteiger partial charge is 0.497 e. The molecule has 0 spiro atoms. The van der Waals surface area contributed by atoms with Gasteiger partial charge in [-0.05, 0) is 29.8 Å². The highest BCUT2D eigenvalue weighted by Crippen LogP contribution is 2.37. The molecule has 1 heterocycles. The highest BCUT2D eigenvalue weighted by atomic mass is 32.2. The van der Waals surface area contributed by atoms with Crippen LogP contribution in [0.4, 0.5) is 5.69 Å². The number of methoxy groups -OCH3 is 1. The molecular weight excluding hydrogens is 286 g/mol. The van der Waals surface area contributed by atoms with E-state index in [2.05, 4.69) is 6.07 Å². The van der Waals surface area contributed by atoms with Crippen LogP contribution in [-0.4, -0.2) is 20.3 Å². The van der Waals surface area contributed by atoms with E-state index in [-0.39, 0.29) is 0 Å². The first-order valence-corrected chi connectivity index (χ1v) is 7.69. The lowest BCUT2D eigenvalue weighted by molar-refractivity contribution is 0.171. The predicted molar refractivity (Wildman–Crippen MR) is 84.4 cm³/mol. The fourth-order valence-electron chi connectivity index (χ4n) is 2.12. The van der Waals surface area contributed by atoms with E-state index in [0.717, 1.165) is 39.1 Å². The molecule has 0 saturated heterocycles. The van der Waals surface area contributed by atoms with Gasteiger partial charge in [-0.3, -0.25) is 0 Å². The Morgan fingerprint density at radius 2 is 1.90 bits per heavy atom. The van der Waals surface area contributed by atoms with Gasteiger partial charge in [-0.2, -0.15) is 0 Å². The van der Waals surface area contributed by atoms with Gasteiger partial charge in [0.05, 0.1) is 7.11 Å². The summed E-state index contributed by atoms with van der Waals surface area (Å²) in [5, 5.41) is 0. The lowest BCUT2D eigenvalue weighted by Gasteiger charge is -2.20. The molecule has 0 amide bonds. The molecule has 1 aliphatic rings. The summed E-state index contributed by atoms with van der Waals surface area (Å²) in [6.45, 7) is 1.16. The number of hydrogen-bond acceptors (Lipinski definition) is 5. The van der Waals surface area contributed by atoms with Crippen LogP contribution in [0.3, 0.4) is 0 Å². The van der Waals surface area contributed by atoms with E-state index in [1.54, 1.807) is 18.9 Å². The summed E-state index contributed by atoms with van der Waals surface area (Å²) < 4.78 is 16.4. The first kappa shape index (κ1) is 13.9. The van der Waals surface area contributed by atoms with Crippen LogP contribution in [0.5, 0.6) is 17.2 Å². The van der Waals surface area contributed by atoms with Gasteiger partial charge in [-0.25, -0.2) is 0 Å². The highest BCUT2D eigenvalue weighted by Gasteiger charge is 2.14. The Hall–Kier alpha value is -2.01. The average molecular weight is 303 g/mol. The Bertz CT molecular complexity index is 645. The minimum absolute atomic E-state index is 0.574. The van der Waals surface area contributed by atoms with Crippen LogP contribution >= 0.6 is 11.8 Å². The standard InChI is InChI=1S/C16H17NO3S/c1-18-12-3-2-4-13(8-12)21-10-11-7-15-16(9-14(11)17)20-6-5-19-15/h2-4,7-9H,5-6,10,17H2,1H3. The third-order valence-corrected chi connectivity index (χ3v) is 4.28. The summed E-state index contributed by atoms with van der Waals surface area (Å²) in [4.78, 5) is 1.14. The minimum Gasteiger partial charge on any atom is -0.497 e. The van der Waals surface area contributed by atoms with E-state index in [0.29, 0.717) is 13.2 Å². The van der Waals surface area contributed by atoms with Crippen molar-refractivity contribution in [2.75, 3.05) is 26.1 Å². The van der Waals surface area contributed by atoms with Gasteiger partial charge in [0.2, 0.25) is 0 Å². The fourth-order valence-corrected chi connectivity index (χ4v) is 3.07. The predicted octanol–water partition coefficient (Wildman–Crippen LogP) is 3.34. The summed E-state index contributed by atoms with van der Waals surface area (Å²) in [7, 11) is 1.67. The normalized spacial score (nSPS) is 13.0. The molecule has 1 aliphatic heterocycles. The maximum Gasteiger partial charge on any atom is 0.163 e. The van der Waals surface area contributed by atoms with Crippen LogP contribution in [0.15, 0.2) is 41.3 Å². The number of nitrogens with two attached hydrogens (primary N) is 1. The molecule has 5 heteroatoms. The second kappa shape index (κ2) is 6.18. The van der Waals surface area contributed by atoms with Crippen molar-refractivity contribution in [2.24, 2.45) is 0 Å². The van der Waals surface area contributed by atoms with Crippen molar-refractivity contribution in [1.82, 2.24) is 0 Å². The van der Waals surface area contributed by atoms with Gasteiger partial charge in [-0.15, -0.1) is 11.8 Å². The fraction of sp³-hybridized carbons (Fsp3) is 0.250. The lowest BCUT2D eigenvalue weighted by atomic mass is 10.2. The van der Waals surface area contributed by atoms with Crippen LogP contribution in [0.2, 0.25) is 0 Å². The van der Waals surface area contributed by atoms with Gasteiger partial charge < -0.3 is 19.9 Å². The van der Waals surface area contributed by atoms with Crippen LogP contribution in [0.25, 0.3) is 0 Å². The molecule has 0 saturated carbocycles. The maximum atomic E-state index is 6.09. The third-order valence-electron chi connectivity index (χ3n) is 3.24. The van der Waals surface area contributed by atoms with Crippen molar-refractivity contribution in [3.8, 4) is 17.2 Å². The van der Waals surface area contributed by atoms with Crippen LogP contribution in [0.1, 0.15) is 5.56 Å². The molecule has 21 heavy (non-hydrogen) atoms. The van der Waals surface area contributed by atoms with Crippen molar-refractivity contribution in [3.05, 3.63) is 42.0 Å². The van der Waals surface area contributed by atoms with E-state index in [4.69, 9.17) is 19.9 Å². The number of anilines is 1. The van der Waals surface area contributed by atoms with Crippen molar-refractivity contribution in [3.63, 3.8) is 0 Å². The Kier molecular flexibility index (Phi) is 4.10. The molecule has 0 fully saturated rings. The zero-order valence-corrected chi connectivity index (χ0v) is 12.6. The average Bonchev–Trinajstić information content (AvgIpc) is 2.53. The van der Waals surface area contributed by atoms with Gasteiger partial charge >= 0.3 is 0 Å². The van der Waals surface area contributed by atoms with Gasteiger partial charge in [0.25, 0.3) is 0 Å². The van der Waals surface area contributed by atoms with E-state index >= 15 is 0 Å². The molecule has 0 radical (unpaired) electrons. The third kappa shape index (κ3) is 3.19. The second-order valence-corrected chi connectivity index (χ2v) is 5.71. The van der Waals surface area contributed by atoms with Crippen molar-refractivity contribution in [2.45, 2.75) is 10.6 Å². The summed E-state index contributed by atoms with van der Waals surface area (Å²) >= 11 is 1.71. The summed E-state index contributed by atoms with van der Waals surface area (Å²) in [6, 6.07) is 11.8. The maximum absolute atomic E-state index is 6.09. The Morgan fingerprint density at radius 3 is 2.67 bits per heavy atom. The van der Waals surface area contributed by atoms with Crippen LogP contribution < -0.4 is 19.9 Å². The first-order chi connectivity index (χ1) is 10.3. The molecule has 3 rings (SSSR count). The molecule has 110 valence electrons. The van der Waals surface area contributed by atoms with Crippen LogP contribution in [0, 0.1) is 0 Å². The minimum atomic E-state index is 0.574. The number of rotatable bonds is 4. The highest BCUT2D eigenvalue weighted by molar-refractivity contribution is 7.98. The lowest BCUT2D eigenvalue weighted by Crippen LogP contribution is -2.15. The molecule has 2 aromatic rings. The van der Waals surface area contributed by atoms with E-state index in [9.17, 15) is 0 Å². The summed E-state index contributed by atoms with van der Waals surface area (Å²) in [5.41, 5.74) is 7.87. The quantitative estimate of drug-likeness (QED) is 0.693. The molecule has 0 aliphatic carbocycles. The Labute approximate surface area is 128 Å². The van der Waals surface area contributed by atoms with Gasteiger partial charge in [0.1, 0.15) is 19.0 Å². The molecule has 0 atom stereocenters. The van der Waals surface area contributed by atoms with E-state index in [1.807, 2.05) is 30.3 Å². The smallest absolute Gasteiger partial charge is 0.163 e. The second-order valence-electron chi connectivity index (χ2n) is 4.66. The Balaban J connectivity index is 1.75. The van der Waals surface area contributed by atoms with Crippen molar-refractivity contribution in [1.29, 1.82) is 0 Å². The molecule has 2 aromatic carbocycles.